The monoisotopic (exact) mass is 868 g/mol. The zero-order chi connectivity index (χ0) is 43.1. The van der Waals surface area contributed by atoms with Gasteiger partial charge in [0.2, 0.25) is 0 Å². The molecule has 0 fully saturated rings. The van der Waals surface area contributed by atoms with Crippen LogP contribution in [-0.4, -0.2) is 59.0 Å². The Bertz CT molecular complexity index is 857. The van der Waals surface area contributed by atoms with E-state index < -0.39 is 0 Å². The first kappa shape index (κ1) is 59.0. The molecule has 0 aliphatic carbocycles. The number of rotatable bonds is 49. The maximum Gasteiger partial charge on any atom is 0.189 e. The minimum Gasteiger partial charge on any atom is -0.383 e. The second kappa shape index (κ2) is 49.0. The third-order valence-corrected chi connectivity index (χ3v) is 15.0. The van der Waals surface area contributed by atoms with Crippen LogP contribution < -0.4 is 0 Å². The van der Waals surface area contributed by atoms with Gasteiger partial charge in [0.15, 0.2) is 10.2 Å². The molecule has 0 aromatic heterocycles. The number of carbonyl (C=O) groups is 2. The number of nitrogens with zero attached hydrogens (tertiary/aromatic N) is 1. The molecule has 0 N–H and O–H groups in total. The van der Waals surface area contributed by atoms with E-state index in [1.54, 1.807) is 30.6 Å². The Hall–Kier alpha value is -0.0400. The van der Waals surface area contributed by atoms with Gasteiger partial charge in [0.1, 0.15) is 0 Å². The van der Waals surface area contributed by atoms with Gasteiger partial charge in [-0.1, -0.05) is 244 Å². The minimum atomic E-state index is 0.429. The maximum atomic E-state index is 13.2. The molecule has 0 rings (SSSR count). The van der Waals surface area contributed by atoms with Gasteiger partial charge in [0, 0.05) is 37.0 Å². The lowest BCUT2D eigenvalue weighted by Crippen LogP contribution is -2.29. The number of methoxy groups -OCH3 is 1. The van der Waals surface area contributed by atoms with Crippen molar-refractivity contribution in [1.82, 2.24) is 4.90 Å². The van der Waals surface area contributed by atoms with Crippen LogP contribution >= 0.6 is 23.5 Å². The van der Waals surface area contributed by atoms with E-state index in [1.807, 2.05) is 0 Å². The highest BCUT2D eigenvalue weighted by Gasteiger charge is 2.16. The molecule has 0 heterocycles. The van der Waals surface area contributed by atoms with Crippen molar-refractivity contribution in [3.8, 4) is 0 Å². The maximum absolute atomic E-state index is 13.2. The Kier molecular flexibility index (Phi) is 48.9. The summed E-state index contributed by atoms with van der Waals surface area (Å²) < 4.78 is 5.45. The molecule has 0 spiro atoms. The first-order valence-electron chi connectivity index (χ1n) is 26.6. The van der Waals surface area contributed by atoms with Crippen LogP contribution in [-0.2, 0) is 14.3 Å². The summed E-state index contributed by atoms with van der Waals surface area (Å²) in [7, 11) is 1.80. The fourth-order valence-electron chi connectivity index (χ4n) is 8.45. The van der Waals surface area contributed by atoms with E-state index in [2.05, 4.69) is 32.6 Å². The van der Waals surface area contributed by atoms with Crippen LogP contribution in [0.5, 0.6) is 0 Å². The van der Waals surface area contributed by atoms with Crippen molar-refractivity contribution < 1.29 is 14.3 Å². The normalized spacial score (nSPS) is 12.8. The van der Waals surface area contributed by atoms with Crippen LogP contribution in [0.25, 0.3) is 0 Å². The molecular weight excluding hydrogens is 763 g/mol. The Labute approximate surface area is 379 Å². The summed E-state index contributed by atoms with van der Waals surface area (Å²) in [5.41, 5.74) is 0. The zero-order valence-electron chi connectivity index (χ0n) is 40.8. The molecule has 0 aromatic carbocycles. The van der Waals surface area contributed by atoms with Crippen LogP contribution in [0.2, 0.25) is 0 Å². The van der Waals surface area contributed by atoms with Crippen LogP contribution in [0.3, 0.4) is 0 Å². The average molecular weight is 869 g/mol. The van der Waals surface area contributed by atoms with Gasteiger partial charge in [-0.2, -0.15) is 0 Å². The van der Waals surface area contributed by atoms with Crippen molar-refractivity contribution in [2.45, 2.75) is 295 Å². The lowest BCUT2D eigenvalue weighted by molar-refractivity contribution is -0.111. The van der Waals surface area contributed by atoms with Crippen molar-refractivity contribution in [1.29, 1.82) is 0 Å². The van der Waals surface area contributed by atoms with E-state index in [0.29, 0.717) is 20.7 Å². The topological polar surface area (TPSA) is 46.6 Å². The Morgan fingerprint density at radius 3 is 0.983 bits per heavy atom. The predicted molar refractivity (Wildman–Crippen MR) is 268 cm³/mol. The summed E-state index contributed by atoms with van der Waals surface area (Å²) in [5.74, 6) is 0. The first-order chi connectivity index (χ1) is 29.0. The standard InChI is InChI=1S/C53H105NO3S2/c1-6-10-14-18-22-24-28-34-42-50(40-32-26-20-16-12-8-3)58-52(55)44-36-30-31-38-46-54(48-49-57-5)47-39-37-45-53(56)59-51(41-33-27-21-17-13-9-4)43-35-29-25-23-19-15-11-7-2/h50-51H,6-49H2,1-5H3. The molecule has 0 amide bonds. The van der Waals surface area contributed by atoms with Crippen LogP contribution in [0.4, 0.5) is 0 Å². The summed E-state index contributed by atoms with van der Waals surface area (Å²) in [6.45, 7) is 13.0. The van der Waals surface area contributed by atoms with E-state index in [1.165, 1.54) is 218 Å². The van der Waals surface area contributed by atoms with Gasteiger partial charge < -0.3 is 9.64 Å². The summed E-state index contributed by atoms with van der Waals surface area (Å²) in [6, 6.07) is 0. The molecule has 0 radical (unpaired) electrons. The van der Waals surface area contributed by atoms with E-state index in [-0.39, 0.29) is 0 Å². The Balaban J connectivity index is 4.52. The highest BCUT2D eigenvalue weighted by Crippen LogP contribution is 2.28. The molecular formula is C53H105NO3S2. The molecule has 4 nitrogen and oxygen atoms in total. The number of hydrogen-bond donors (Lipinski definition) is 0. The number of hydrogen-bond acceptors (Lipinski definition) is 6. The van der Waals surface area contributed by atoms with E-state index in [4.69, 9.17) is 4.74 Å². The number of thioether (sulfide) groups is 2. The molecule has 0 aromatic rings. The molecule has 352 valence electrons. The highest BCUT2D eigenvalue weighted by atomic mass is 32.2. The van der Waals surface area contributed by atoms with Gasteiger partial charge in [-0.3, -0.25) is 9.59 Å². The summed E-state index contributed by atoms with van der Waals surface area (Å²) in [4.78, 5) is 28.8. The quantitative estimate of drug-likeness (QED) is 0.0568. The van der Waals surface area contributed by atoms with Gasteiger partial charge in [-0.25, -0.2) is 0 Å². The van der Waals surface area contributed by atoms with Gasteiger partial charge >= 0.3 is 0 Å². The van der Waals surface area contributed by atoms with Gasteiger partial charge in [0.25, 0.3) is 0 Å². The average Bonchev–Trinajstić information content (AvgIpc) is 3.23. The molecule has 0 saturated heterocycles. The Morgan fingerprint density at radius 1 is 0.373 bits per heavy atom. The van der Waals surface area contributed by atoms with Gasteiger partial charge in [-0.15, -0.1) is 0 Å². The van der Waals surface area contributed by atoms with E-state index in [0.717, 1.165) is 64.8 Å². The third-order valence-electron chi connectivity index (χ3n) is 12.4. The SMILES string of the molecule is CCCCCCCCCCC(CCCCCCCC)SC(=O)CCCCCCN(CCCCC(=O)SC(CCCCCCCC)CCCCCCCCCC)CCOC. The van der Waals surface area contributed by atoms with E-state index >= 15 is 0 Å². The largest absolute Gasteiger partial charge is 0.383 e. The number of carbonyl (C=O) groups excluding carboxylic acids is 2. The fraction of sp³-hybridized carbons (Fsp3) is 0.962. The minimum absolute atomic E-state index is 0.429. The van der Waals surface area contributed by atoms with E-state index in [9.17, 15) is 9.59 Å². The van der Waals surface area contributed by atoms with Crippen LogP contribution in [0.1, 0.15) is 285 Å². The molecule has 0 aliphatic heterocycles. The summed E-state index contributed by atoms with van der Waals surface area (Å²) in [5, 5.41) is 1.92. The molecule has 2 atom stereocenters. The highest BCUT2D eigenvalue weighted by molar-refractivity contribution is 8.14. The van der Waals surface area contributed by atoms with Crippen molar-refractivity contribution in [3.05, 3.63) is 0 Å². The van der Waals surface area contributed by atoms with Crippen molar-refractivity contribution in [2.75, 3.05) is 33.4 Å². The van der Waals surface area contributed by atoms with Crippen molar-refractivity contribution >= 4 is 33.8 Å². The number of ether oxygens (including phenoxy) is 1. The molecule has 6 heteroatoms. The lowest BCUT2D eigenvalue weighted by Gasteiger charge is -2.22. The second-order valence-corrected chi connectivity index (χ2v) is 21.0. The second-order valence-electron chi connectivity index (χ2n) is 18.3. The third kappa shape index (κ3) is 44.4. The van der Waals surface area contributed by atoms with Gasteiger partial charge in [-0.05, 0) is 64.5 Å². The lowest BCUT2D eigenvalue weighted by atomic mass is 10.0. The van der Waals surface area contributed by atoms with Crippen LogP contribution in [0.15, 0.2) is 0 Å². The molecule has 0 bridgehead atoms. The summed E-state index contributed by atoms with van der Waals surface area (Å²) >= 11 is 3.41. The fourth-order valence-corrected chi connectivity index (χ4v) is 10.9. The molecule has 59 heavy (non-hydrogen) atoms. The molecule has 0 aliphatic rings. The van der Waals surface area contributed by atoms with Crippen molar-refractivity contribution in [2.24, 2.45) is 0 Å². The Morgan fingerprint density at radius 2 is 0.644 bits per heavy atom. The predicted octanol–water partition coefficient (Wildman–Crippen LogP) is 17.9. The van der Waals surface area contributed by atoms with Crippen LogP contribution in [0, 0.1) is 0 Å². The number of unbranched alkanes of at least 4 members (excludes halogenated alkanes) is 28. The van der Waals surface area contributed by atoms with Crippen molar-refractivity contribution in [3.63, 3.8) is 0 Å². The molecule has 0 saturated carbocycles. The van der Waals surface area contributed by atoms with Gasteiger partial charge in [0.05, 0.1) is 6.61 Å². The first-order valence-corrected chi connectivity index (χ1v) is 28.4. The zero-order valence-corrected chi connectivity index (χ0v) is 42.4. The smallest absolute Gasteiger partial charge is 0.189 e. The molecule has 2 unspecified atom stereocenters. The summed E-state index contributed by atoms with van der Waals surface area (Å²) in [6.07, 6.45) is 50.8.